The van der Waals surface area contributed by atoms with Crippen molar-refractivity contribution in [2.75, 3.05) is 13.6 Å². The summed E-state index contributed by atoms with van der Waals surface area (Å²) in [6.45, 7) is 6.73. The SMILES string of the molecule is CCN(C)C(=O)NC(C)c1ccccc1C. The summed E-state index contributed by atoms with van der Waals surface area (Å²) in [5.41, 5.74) is 2.37. The van der Waals surface area contributed by atoms with Gasteiger partial charge in [-0.25, -0.2) is 4.79 Å². The maximum Gasteiger partial charge on any atom is 0.317 e. The van der Waals surface area contributed by atoms with Crippen LogP contribution in [0.5, 0.6) is 0 Å². The van der Waals surface area contributed by atoms with Crippen molar-refractivity contribution in [1.29, 1.82) is 0 Å². The van der Waals surface area contributed by atoms with Crippen LogP contribution >= 0.6 is 0 Å². The van der Waals surface area contributed by atoms with Gasteiger partial charge in [-0.3, -0.25) is 0 Å². The molecule has 0 aliphatic heterocycles. The number of hydrogen-bond donors (Lipinski definition) is 1. The van der Waals surface area contributed by atoms with E-state index in [0.717, 1.165) is 0 Å². The Kier molecular flexibility index (Phi) is 4.35. The van der Waals surface area contributed by atoms with E-state index >= 15 is 0 Å². The van der Waals surface area contributed by atoms with Crippen molar-refractivity contribution in [3.8, 4) is 0 Å². The fourth-order valence-electron chi connectivity index (χ4n) is 1.59. The highest BCUT2D eigenvalue weighted by molar-refractivity contribution is 5.74. The van der Waals surface area contributed by atoms with Crippen LogP contribution in [0, 0.1) is 6.92 Å². The first-order valence-electron chi connectivity index (χ1n) is 5.63. The highest BCUT2D eigenvalue weighted by Gasteiger charge is 2.12. The number of hydrogen-bond acceptors (Lipinski definition) is 1. The van der Waals surface area contributed by atoms with Gasteiger partial charge in [-0.1, -0.05) is 24.3 Å². The minimum absolute atomic E-state index is 0.0294. The molecule has 3 heteroatoms. The second-order valence-corrected chi connectivity index (χ2v) is 4.04. The van der Waals surface area contributed by atoms with Gasteiger partial charge in [-0.05, 0) is 31.9 Å². The van der Waals surface area contributed by atoms with E-state index in [1.807, 2.05) is 32.0 Å². The molecule has 0 aromatic heterocycles. The van der Waals surface area contributed by atoms with E-state index in [0.29, 0.717) is 6.54 Å². The van der Waals surface area contributed by atoms with Crippen LogP contribution in [0.4, 0.5) is 4.79 Å². The highest BCUT2D eigenvalue weighted by Crippen LogP contribution is 2.16. The van der Waals surface area contributed by atoms with Crippen molar-refractivity contribution in [2.24, 2.45) is 0 Å². The molecule has 1 N–H and O–H groups in total. The number of rotatable bonds is 3. The summed E-state index contributed by atoms with van der Waals surface area (Å²) >= 11 is 0. The second kappa shape index (κ2) is 5.54. The molecule has 3 nitrogen and oxygen atoms in total. The lowest BCUT2D eigenvalue weighted by Gasteiger charge is -2.21. The number of carbonyl (C=O) groups is 1. The summed E-state index contributed by atoms with van der Waals surface area (Å²) in [4.78, 5) is 13.3. The third kappa shape index (κ3) is 2.99. The fourth-order valence-corrected chi connectivity index (χ4v) is 1.59. The van der Waals surface area contributed by atoms with Gasteiger partial charge in [0.1, 0.15) is 0 Å². The fraction of sp³-hybridized carbons (Fsp3) is 0.462. The quantitative estimate of drug-likeness (QED) is 0.834. The van der Waals surface area contributed by atoms with Gasteiger partial charge in [0.05, 0.1) is 6.04 Å². The van der Waals surface area contributed by atoms with Crippen molar-refractivity contribution in [1.82, 2.24) is 10.2 Å². The van der Waals surface area contributed by atoms with Crippen molar-refractivity contribution < 1.29 is 4.79 Å². The Morgan fingerprint density at radius 3 is 2.62 bits per heavy atom. The van der Waals surface area contributed by atoms with E-state index in [4.69, 9.17) is 0 Å². The Labute approximate surface area is 97.5 Å². The first-order valence-corrected chi connectivity index (χ1v) is 5.63. The predicted octanol–water partition coefficient (Wildman–Crippen LogP) is 2.72. The Hall–Kier alpha value is -1.51. The molecular weight excluding hydrogens is 200 g/mol. The van der Waals surface area contributed by atoms with Crippen LogP contribution in [0.25, 0.3) is 0 Å². The summed E-state index contributed by atoms with van der Waals surface area (Å²) < 4.78 is 0. The number of nitrogens with zero attached hydrogens (tertiary/aromatic N) is 1. The van der Waals surface area contributed by atoms with Gasteiger partial charge < -0.3 is 10.2 Å². The predicted molar refractivity (Wildman–Crippen MR) is 66.4 cm³/mol. The molecule has 0 aliphatic carbocycles. The van der Waals surface area contributed by atoms with Gasteiger partial charge in [0.25, 0.3) is 0 Å². The van der Waals surface area contributed by atoms with Crippen LogP contribution in [0.1, 0.15) is 31.0 Å². The first kappa shape index (κ1) is 12.6. The molecule has 1 rings (SSSR count). The molecule has 88 valence electrons. The van der Waals surface area contributed by atoms with Crippen molar-refractivity contribution in [3.05, 3.63) is 35.4 Å². The van der Waals surface area contributed by atoms with E-state index in [1.54, 1.807) is 11.9 Å². The molecule has 16 heavy (non-hydrogen) atoms. The van der Waals surface area contributed by atoms with Crippen LogP contribution in [0.2, 0.25) is 0 Å². The van der Waals surface area contributed by atoms with Gasteiger partial charge in [0, 0.05) is 13.6 Å². The summed E-state index contributed by atoms with van der Waals surface area (Å²) in [5.74, 6) is 0. The first-order chi connectivity index (χ1) is 7.56. The van der Waals surface area contributed by atoms with Gasteiger partial charge in [-0.15, -0.1) is 0 Å². The Bertz CT molecular complexity index is 363. The van der Waals surface area contributed by atoms with E-state index in [2.05, 4.69) is 18.3 Å². The number of urea groups is 1. The van der Waals surface area contributed by atoms with Crippen molar-refractivity contribution in [3.63, 3.8) is 0 Å². The molecule has 0 saturated heterocycles. The molecule has 2 amide bonds. The number of nitrogens with one attached hydrogen (secondary N) is 1. The average molecular weight is 220 g/mol. The van der Waals surface area contributed by atoms with Gasteiger partial charge in [0.15, 0.2) is 0 Å². The van der Waals surface area contributed by atoms with Crippen LogP contribution in [0.3, 0.4) is 0 Å². The average Bonchev–Trinajstić information content (AvgIpc) is 2.28. The smallest absolute Gasteiger partial charge is 0.317 e. The van der Waals surface area contributed by atoms with E-state index in [9.17, 15) is 4.79 Å². The molecule has 1 atom stereocenters. The molecule has 1 unspecified atom stereocenters. The molecule has 1 aromatic carbocycles. The highest BCUT2D eigenvalue weighted by atomic mass is 16.2. The van der Waals surface area contributed by atoms with Gasteiger partial charge >= 0.3 is 6.03 Å². The lowest BCUT2D eigenvalue weighted by atomic mass is 10.0. The maximum absolute atomic E-state index is 11.7. The Morgan fingerprint density at radius 1 is 1.44 bits per heavy atom. The maximum atomic E-state index is 11.7. The molecule has 0 fully saturated rings. The largest absolute Gasteiger partial charge is 0.331 e. The van der Waals surface area contributed by atoms with Crippen LogP contribution in [-0.2, 0) is 0 Å². The zero-order valence-electron chi connectivity index (χ0n) is 10.4. The van der Waals surface area contributed by atoms with Gasteiger partial charge in [0.2, 0.25) is 0 Å². The van der Waals surface area contributed by atoms with Crippen LogP contribution in [-0.4, -0.2) is 24.5 Å². The molecule has 0 bridgehead atoms. The third-order valence-corrected chi connectivity index (χ3v) is 2.82. The minimum atomic E-state index is -0.0294. The van der Waals surface area contributed by atoms with Crippen molar-refractivity contribution in [2.45, 2.75) is 26.8 Å². The summed E-state index contributed by atoms with van der Waals surface area (Å²) in [7, 11) is 1.79. The van der Waals surface area contributed by atoms with Crippen LogP contribution in [0.15, 0.2) is 24.3 Å². The Balaban J connectivity index is 2.69. The monoisotopic (exact) mass is 220 g/mol. The second-order valence-electron chi connectivity index (χ2n) is 4.04. The van der Waals surface area contributed by atoms with E-state index < -0.39 is 0 Å². The molecule has 0 radical (unpaired) electrons. The standard InChI is InChI=1S/C13H20N2O/c1-5-15(4)13(16)14-11(3)12-9-7-6-8-10(12)2/h6-9,11H,5H2,1-4H3,(H,14,16). The lowest BCUT2D eigenvalue weighted by molar-refractivity contribution is 0.207. The van der Waals surface area contributed by atoms with E-state index in [-0.39, 0.29) is 12.1 Å². The number of amides is 2. The zero-order chi connectivity index (χ0) is 12.1. The summed E-state index contributed by atoms with van der Waals surface area (Å²) in [6.07, 6.45) is 0. The topological polar surface area (TPSA) is 32.3 Å². The molecular formula is C13H20N2O. The molecule has 0 heterocycles. The summed E-state index contributed by atoms with van der Waals surface area (Å²) in [6, 6.07) is 8.12. The van der Waals surface area contributed by atoms with Gasteiger partial charge in [-0.2, -0.15) is 0 Å². The van der Waals surface area contributed by atoms with Crippen LogP contribution < -0.4 is 5.32 Å². The summed E-state index contributed by atoms with van der Waals surface area (Å²) in [5, 5.41) is 2.97. The zero-order valence-corrected chi connectivity index (χ0v) is 10.4. The number of carbonyl (C=O) groups excluding carboxylic acids is 1. The van der Waals surface area contributed by atoms with E-state index in [1.165, 1.54) is 11.1 Å². The normalized spacial score (nSPS) is 12.0. The third-order valence-electron chi connectivity index (χ3n) is 2.82. The van der Waals surface area contributed by atoms with Crippen molar-refractivity contribution >= 4 is 6.03 Å². The number of aryl methyl sites for hydroxylation is 1. The lowest BCUT2D eigenvalue weighted by Crippen LogP contribution is -2.38. The molecule has 0 spiro atoms. The minimum Gasteiger partial charge on any atom is -0.331 e. The molecule has 0 aliphatic rings. The number of benzene rings is 1. The molecule has 0 saturated carbocycles. The molecule has 1 aromatic rings. The Morgan fingerprint density at radius 2 is 2.06 bits per heavy atom.